The van der Waals surface area contributed by atoms with Crippen molar-refractivity contribution in [3.63, 3.8) is 0 Å². The summed E-state index contributed by atoms with van der Waals surface area (Å²) < 4.78 is 39.2. The summed E-state index contributed by atoms with van der Waals surface area (Å²) in [6.07, 6.45) is 1.98. The van der Waals surface area contributed by atoms with Gasteiger partial charge in [-0.2, -0.15) is 18.2 Å². The van der Waals surface area contributed by atoms with E-state index in [9.17, 15) is 18.0 Å². The lowest BCUT2D eigenvalue weighted by molar-refractivity contribution is -0.124. The van der Waals surface area contributed by atoms with Crippen molar-refractivity contribution >= 4 is 22.4 Å². The number of amides is 2. The quantitative estimate of drug-likeness (QED) is 0.354. The summed E-state index contributed by atoms with van der Waals surface area (Å²) in [5.74, 6) is -0.120. The molecule has 2 aliphatic heterocycles. The number of hydrogen-bond acceptors (Lipinski definition) is 8. The summed E-state index contributed by atoms with van der Waals surface area (Å²) in [5.41, 5.74) is 1.72. The molecule has 12 heteroatoms. The van der Waals surface area contributed by atoms with Crippen LogP contribution in [0, 0.1) is 0 Å². The molecule has 28 heavy (non-hydrogen) atoms. The molecule has 2 heterocycles. The molecule has 11 nitrogen and oxygen atoms in total. The Balaban J connectivity index is 1.69. The smallest absolute Gasteiger partial charge is 0.413 e. The minimum Gasteiger partial charge on any atom is -0.444 e. The van der Waals surface area contributed by atoms with Gasteiger partial charge in [0.1, 0.15) is 5.60 Å². The number of hydrogen-bond donors (Lipinski definition) is 4. The predicted octanol–water partition coefficient (Wildman–Crippen LogP) is -0.0533. The second kappa shape index (κ2) is 9.35. The fourth-order valence-corrected chi connectivity index (χ4v) is 3.40. The molecule has 0 unspecified atom stereocenters. The Hall–Kier alpha value is -1.47. The van der Waals surface area contributed by atoms with Gasteiger partial charge in [0.25, 0.3) is 0 Å². The number of piperidine rings is 2. The third-order valence-electron chi connectivity index (χ3n) is 4.54. The highest BCUT2D eigenvalue weighted by Gasteiger charge is 2.31. The lowest BCUT2D eigenvalue weighted by atomic mass is 9.99. The van der Waals surface area contributed by atoms with Gasteiger partial charge >= 0.3 is 16.5 Å². The number of carbonyl (C=O) groups excluding carboxylic acids is 2. The zero-order chi connectivity index (χ0) is 20.9. The molecule has 0 saturated carbocycles. The van der Waals surface area contributed by atoms with Gasteiger partial charge in [-0.15, -0.1) is 0 Å². The molecular formula is C16H30N4O7S. The molecule has 2 aliphatic rings. The van der Waals surface area contributed by atoms with Gasteiger partial charge in [0.05, 0.1) is 6.04 Å². The van der Waals surface area contributed by atoms with Gasteiger partial charge in [-0.1, -0.05) is 0 Å². The second-order valence-corrected chi connectivity index (χ2v) is 9.14. The molecule has 4 N–H and O–H groups in total. The van der Waals surface area contributed by atoms with Gasteiger partial charge in [-0.05, 0) is 46.5 Å². The van der Waals surface area contributed by atoms with Crippen LogP contribution in [0.25, 0.3) is 0 Å². The predicted molar refractivity (Wildman–Crippen MR) is 99.6 cm³/mol. The minimum absolute atomic E-state index is 0.00768. The zero-order valence-electron chi connectivity index (χ0n) is 16.4. The minimum atomic E-state index is -4.55. The van der Waals surface area contributed by atoms with Crippen molar-refractivity contribution in [3.8, 4) is 0 Å². The van der Waals surface area contributed by atoms with Crippen LogP contribution < -0.4 is 16.1 Å². The lowest BCUT2D eigenvalue weighted by Gasteiger charge is -2.35. The van der Waals surface area contributed by atoms with E-state index in [2.05, 4.69) is 20.4 Å². The second-order valence-electron chi connectivity index (χ2n) is 8.11. The van der Waals surface area contributed by atoms with Crippen molar-refractivity contribution in [1.82, 2.24) is 21.0 Å². The molecular weight excluding hydrogens is 392 g/mol. The van der Waals surface area contributed by atoms with Gasteiger partial charge in [0.2, 0.25) is 5.91 Å². The fourth-order valence-electron chi connectivity index (χ4n) is 3.14. The summed E-state index contributed by atoms with van der Waals surface area (Å²) in [5, 5.41) is 6.03. The number of carbonyl (C=O) groups is 2. The Kier molecular flexibility index (Phi) is 7.62. The van der Waals surface area contributed by atoms with Crippen LogP contribution in [-0.2, 0) is 24.2 Å². The van der Waals surface area contributed by atoms with E-state index in [1.165, 1.54) is 0 Å². The highest BCUT2D eigenvalue weighted by atomic mass is 32.3. The topological polar surface area (TPSA) is 146 Å². The molecule has 2 atom stereocenters. The summed E-state index contributed by atoms with van der Waals surface area (Å²) in [6.45, 7) is 6.84. The molecule has 0 radical (unpaired) electrons. The molecule has 2 amide bonds. The molecule has 2 fully saturated rings. The first-order chi connectivity index (χ1) is 12.9. The molecule has 0 aromatic rings. The van der Waals surface area contributed by atoms with E-state index in [0.29, 0.717) is 45.3 Å². The molecule has 0 aliphatic carbocycles. The van der Waals surface area contributed by atoms with Crippen LogP contribution in [-0.4, -0.2) is 73.2 Å². The van der Waals surface area contributed by atoms with E-state index in [1.807, 2.05) is 20.8 Å². The third kappa shape index (κ3) is 7.87. The SMILES string of the molecule is CC(C)(C)OC(=O)N1CCC(NC(=O)[C@H]2CC[C@H](NOS(=O)(=O)O)CN2)CC1. The van der Waals surface area contributed by atoms with Crippen molar-refractivity contribution < 1.29 is 31.6 Å². The monoisotopic (exact) mass is 422 g/mol. The first-order valence-corrected chi connectivity index (χ1v) is 10.7. The number of hydroxylamine groups is 1. The number of ether oxygens (including phenoxy) is 1. The van der Waals surface area contributed by atoms with Gasteiger partial charge in [-0.3, -0.25) is 9.35 Å². The Morgan fingerprint density at radius 3 is 2.25 bits per heavy atom. The Labute approximate surface area is 165 Å². The van der Waals surface area contributed by atoms with Gasteiger partial charge in [0, 0.05) is 31.7 Å². The van der Waals surface area contributed by atoms with Gasteiger partial charge in [-0.25, -0.2) is 4.79 Å². The number of nitrogens with one attached hydrogen (secondary N) is 3. The highest BCUT2D eigenvalue weighted by Crippen LogP contribution is 2.16. The van der Waals surface area contributed by atoms with Crippen LogP contribution in [0.1, 0.15) is 46.5 Å². The Morgan fingerprint density at radius 1 is 1.11 bits per heavy atom. The molecule has 2 saturated heterocycles. The van der Waals surface area contributed by atoms with Crippen molar-refractivity contribution in [2.45, 2.75) is 70.2 Å². The van der Waals surface area contributed by atoms with E-state index in [-0.39, 0.29) is 30.1 Å². The standard InChI is InChI=1S/C16H30N4O7S/c1-16(2,3)26-15(22)20-8-6-11(7-9-20)18-14(21)13-5-4-12(10-17-13)19-27-28(23,24)25/h11-13,17,19H,4-10H2,1-3H3,(H,18,21)(H,23,24,25)/t12-,13+/m0/s1. The zero-order valence-corrected chi connectivity index (χ0v) is 17.3. The molecule has 0 bridgehead atoms. The van der Waals surface area contributed by atoms with E-state index in [4.69, 9.17) is 9.29 Å². The molecule has 0 spiro atoms. The lowest BCUT2D eigenvalue weighted by Crippen LogP contribution is -2.56. The first kappa shape index (κ1) is 22.8. The van der Waals surface area contributed by atoms with Crippen molar-refractivity contribution in [1.29, 1.82) is 0 Å². The summed E-state index contributed by atoms with van der Waals surface area (Å²) in [7, 11) is -4.55. The van der Waals surface area contributed by atoms with Crippen molar-refractivity contribution in [2.75, 3.05) is 19.6 Å². The first-order valence-electron chi connectivity index (χ1n) is 9.36. The molecule has 162 valence electrons. The summed E-state index contributed by atoms with van der Waals surface area (Å²) in [6, 6.07) is -0.720. The Morgan fingerprint density at radius 2 is 1.75 bits per heavy atom. The largest absolute Gasteiger partial charge is 0.444 e. The Bertz CT molecular complexity index is 648. The normalized spacial score (nSPS) is 24.6. The molecule has 2 rings (SSSR count). The number of nitrogens with zero attached hydrogens (tertiary/aromatic N) is 1. The molecule has 0 aromatic heterocycles. The maximum Gasteiger partial charge on any atom is 0.413 e. The molecule has 0 aromatic carbocycles. The van der Waals surface area contributed by atoms with E-state index in [1.54, 1.807) is 4.90 Å². The van der Waals surface area contributed by atoms with E-state index >= 15 is 0 Å². The fraction of sp³-hybridized carbons (Fsp3) is 0.875. The van der Waals surface area contributed by atoms with Crippen LogP contribution in [0.5, 0.6) is 0 Å². The van der Waals surface area contributed by atoms with Crippen LogP contribution in [0.3, 0.4) is 0 Å². The van der Waals surface area contributed by atoms with Crippen molar-refractivity contribution in [2.24, 2.45) is 0 Å². The number of rotatable bonds is 5. The summed E-state index contributed by atoms with van der Waals surface area (Å²) in [4.78, 5) is 26.2. The van der Waals surface area contributed by atoms with Gasteiger partial charge < -0.3 is 20.3 Å². The van der Waals surface area contributed by atoms with Crippen LogP contribution in [0.15, 0.2) is 0 Å². The maximum atomic E-state index is 12.4. The van der Waals surface area contributed by atoms with Gasteiger partial charge in [0.15, 0.2) is 0 Å². The van der Waals surface area contributed by atoms with Crippen LogP contribution in [0.4, 0.5) is 4.79 Å². The van der Waals surface area contributed by atoms with Crippen LogP contribution in [0.2, 0.25) is 0 Å². The summed E-state index contributed by atoms with van der Waals surface area (Å²) >= 11 is 0. The van der Waals surface area contributed by atoms with E-state index in [0.717, 1.165) is 0 Å². The highest BCUT2D eigenvalue weighted by molar-refractivity contribution is 7.80. The third-order valence-corrected chi connectivity index (χ3v) is 4.85. The average molecular weight is 423 g/mol. The van der Waals surface area contributed by atoms with Crippen molar-refractivity contribution in [3.05, 3.63) is 0 Å². The average Bonchev–Trinajstić information content (AvgIpc) is 2.59. The maximum absolute atomic E-state index is 12.4. The van der Waals surface area contributed by atoms with Crippen LogP contribution >= 0.6 is 0 Å². The number of likely N-dealkylation sites (tertiary alicyclic amines) is 1. The van der Waals surface area contributed by atoms with E-state index < -0.39 is 16.0 Å².